The van der Waals surface area contributed by atoms with Crippen LogP contribution in [0.15, 0.2) is 52.7 Å². The molecule has 25 heavy (non-hydrogen) atoms. The van der Waals surface area contributed by atoms with Gasteiger partial charge in [0.15, 0.2) is 5.82 Å². The molecule has 0 atom stereocenters. The molecule has 0 bridgehead atoms. The molecular weight excluding hydrogens is 316 g/mol. The summed E-state index contributed by atoms with van der Waals surface area (Å²) >= 11 is 0. The van der Waals surface area contributed by atoms with Gasteiger partial charge in [-0.2, -0.15) is 0 Å². The van der Waals surface area contributed by atoms with E-state index in [4.69, 9.17) is 4.74 Å². The van der Waals surface area contributed by atoms with Gasteiger partial charge in [-0.3, -0.25) is 9.20 Å². The van der Waals surface area contributed by atoms with Gasteiger partial charge >= 0.3 is 5.97 Å². The Bertz CT molecular complexity index is 944. The molecule has 3 aromatic rings. The molecule has 0 N–H and O–H groups in total. The van der Waals surface area contributed by atoms with E-state index in [2.05, 4.69) is 15.2 Å². The van der Waals surface area contributed by atoms with Gasteiger partial charge in [-0.25, -0.2) is 4.98 Å². The van der Waals surface area contributed by atoms with E-state index in [-0.39, 0.29) is 12.4 Å². The number of pyridine rings is 1. The van der Waals surface area contributed by atoms with Crippen LogP contribution in [0, 0.1) is 13.8 Å². The third-order valence-corrected chi connectivity index (χ3v) is 3.76. The first-order valence-corrected chi connectivity index (χ1v) is 8.19. The Morgan fingerprint density at radius 3 is 2.72 bits per heavy atom. The number of benzene rings is 1. The minimum absolute atomic E-state index is 0.0666. The first-order chi connectivity index (χ1) is 12.1. The molecule has 2 aromatic heterocycles. The van der Waals surface area contributed by atoms with Crippen LogP contribution in [-0.4, -0.2) is 22.0 Å². The number of azo groups is 1. The molecular formula is C19H20N4O2. The molecule has 128 valence electrons. The Balaban J connectivity index is 2.05. The number of aromatic nitrogens is 2. The van der Waals surface area contributed by atoms with E-state index >= 15 is 0 Å². The summed E-state index contributed by atoms with van der Waals surface area (Å²) in [6, 6.07) is 13.5. The highest BCUT2D eigenvalue weighted by atomic mass is 16.5. The predicted octanol–water partition coefficient (Wildman–Crippen LogP) is 4.47. The van der Waals surface area contributed by atoms with Gasteiger partial charge < -0.3 is 4.74 Å². The van der Waals surface area contributed by atoms with Gasteiger partial charge in [0.25, 0.3) is 0 Å². The fourth-order valence-electron chi connectivity index (χ4n) is 2.65. The summed E-state index contributed by atoms with van der Waals surface area (Å²) in [4.78, 5) is 16.4. The largest absolute Gasteiger partial charge is 0.466 e. The number of nitrogens with zero attached hydrogens (tertiary/aromatic N) is 4. The monoisotopic (exact) mass is 336 g/mol. The van der Waals surface area contributed by atoms with Crippen LogP contribution in [0.25, 0.3) is 5.65 Å². The number of hydrogen-bond donors (Lipinski definition) is 0. The van der Waals surface area contributed by atoms with E-state index < -0.39 is 0 Å². The van der Waals surface area contributed by atoms with E-state index in [1.807, 2.05) is 60.7 Å². The Morgan fingerprint density at radius 1 is 1.16 bits per heavy atom. The smallest absolute Gasteiger partial charge is 0.312 e. The van der Waals surface area contributed by atoms with Crippen LogP contribution in [0.4, 0.5) is 11.5 Å². The Hall–Kier alpha value is -3.02. The summed E-state index contributed by atoms with van der Waals surface area (Å²) in [6.45, 7) is 6.09. The first-order valence-electron chi connectivity index (χ1n) is 8.19. The second-order valence-electron chi connectivity index (χ2n) is 5.76. The summed E-state index contributed by atoms with van der Waals surface area (Å²) in [6.07, 6.45) is 0.0666. The van der Waals surface area contributed by atoms with Crippen molar-refractivity contribution in [3.05, 3.63) is 59.4 Å². The first kappa shape index (κ1) is 16.8. The number of imidazole rings is 1. The summed E-state index contributed by atoms with van der Waals surface area (Å²) in [7, 11) is 0. The van der Waals surface area contributed by atoms with Crippen molar-refractivity contribution in [2.45, 2.75) is 27.2 Å². The lowest BCUT2D eigenvalue weighted by atomic mass is 10.2. The minimum atomic E-state index is -0.324. The topological polar surface area (TPSA) is 68.3 Å². The average molecular weight is 336 g/mol. The van der Waals surface area contributed by atoms with Crippen LogP contribution in [0.3, 0.4) is 0 Å². The summed E-state index contributed by atoms with van der Waals surface area (Å²) in [5, 5.41) is 8.72. The van der Waals surface area contributed by atoms with Gasteiger partial charge in [0, 0.05) is 5.69 Å². The zero-order chi connectivity index (χ0) is 17.8. The number of carbonyl (C=O) groups excluding carboxylic acids is 1. The molecule has 6 heteroatoms. The van der Waals surface area contributed by atoms with Crippen molar-refractivity contribution < 1.29 is 9.53 Å². The molecule has 0 aliphatic carbocycles. The summed E-state index contributed by atoms with van der Waals surface area (Å²) < 4.78 is 6.94. The van der Waals surface area contributed by atoms with Gasteiger partial charge in [0.1, 0.15) is 5.65 Å². The van der Waals surface area contributed by atoms with Crippen LogP contribution in [-0.2, 0) is 16.0 Å². The van der Waals surface area contributed by atoms with Crippen molar-refractivity contribution in [3.63, 3.8) is 0 Å². The van der Waals surface area contributed by atoms with Crippen molar-refractivity contribution in [2.75, 3.05) is 6.61 Å². The molecule has 0 unspecified atom stereocenters. The third-order valence-electron chi connectivity index (χ3n) is 3.76. The fraction of sp³-hybridized carbons (Fsp3) is 0.263. The van der Waals surface area contributed by atoms with E-state index in [1.54, 1.807) is 6.92 Å². The molecule has 0 saturated heterocycles. The maximum atomic E-state index is 11.9. The van der Waals surface area contributed by atoms with Gasteiger partial charge in [-0.1, -0.05) is 18.2 Å². The maximum Gasteiger partial charge on any atom is 0.312 e. The zero-order valence-corrected chi connectivity index (χ0v) is 14.6. The van der Waals surface area contributed by atoms with Crippen molar-refractivity contribution in [2.24, 2.45) is 10.2 Å². The highest BCUT2D eigenvalue weighted by Gasteiger charge is 2.17. The molecule has 0 fully saturated rings. The number of hydrogen-bond acceptors (Lipinski definition) is 5. The Kier molecular flexibility index (Phi) is 4.88. The summed E-state index contributed by atoms with van der Waals surface area (Å²) in [5.41, 5.74) is 4.13. The second-order valence-corrected chi connectivity index (χ2v) is 5.76. The van der Waals surface area contributed by atoms with Crippen molar-refractivity contribution in [3.8, 4) is 0 Å². The number of carbonyl (C=O) groups is 1. The number of fused-ring (bicyclic) bond motifs is 1. The molecule has 3 rings (SSSR count). The molecule has 0 aliphatic heterocycles. The molecule has 1 aromatic carbocycles. The lowest BCUT2D eigenvalue weighted by Crippen LogP contribution is -2.07. The Labute approximate surface area is 146 Å². The van der Waals surface area contributed by atoms with Crippen LogP contribution < -0.4 is 0 Å². The van der Waals surface area contributed by atoms with Crippen molar-refractivity contribution in [1.29, 1.82) is 0 Å². The lowest BCUT2D eigenvalue weighted by Gasteiger charge is -2.03. The summed E-state index contributed by atoms with van der Waals surface area (Å²) in [5.74, 6) is 0.234. The third kappa shape index (κ3) is 3.74. The molecule has 0 radical (unpaired) electrons. The zero-order valence-electron chi connectivity index (χ0n) is 14.6. The molecule has 2 heterocycles. The SMILES string of the molecule is CCOC(=O)Cc1nc2cccc(C)n2c1N=Nc1cccc(C)c1. The number of aryl methyl sites for hydroxylation is 2. The van der Waals surface area contributed by atoms with Crippen molar-refractivity contribution >= 4 is 23.1 Å². The van der Waals surface area contributed by atoms with E-state index in [0.29, 0.717) is 18.1 Å². The van der Waals surface area contributed by atoms with Crippen LogP contribution in [0.1, 0.15) is 23.9 Å². The van der Waals surface area contributed by atoms with Gasteiger partial charge in [0.2, 0.25) is 0 Å². The van der Waals surface area contributed by atoms with Crippen LogP contribution in [0.2, 0.25) is 0 Å². The van der Waals surface area contributed by atoms with E-state index in [1.165, 1.54) is 0 Å². The van der Waals surface area contributed by atoms with Crippen LogP contribution in [0.5, 0.6) is 0 Å². The van der Waals surface area contributed by atoms with Gasteiger partial charge in [-0.15, -0.1) is 10.2 Å². The lowest BCUT2D eigenvalue weighted by molar-refractivity contribution is -0.142. The Morgan fingerprint density at radius 2 is 1.96 bits per heavy atom. The number of ether oxygens (including phenoxy) is 1. The molecule has 6 nitrogen and oxygen atoms in total. The number of esters is 1. The highest BCUT2D eigenvalue weighted by Crippen LogP contribution is 2.26. The predicted molar refractivity (Wildman–Crippen MR) is 95.6 cm³/mol. The fourth-order valence-corrected chi connectivity index (χ4v) is 2.65. The van der Waals surface area contributed by atoms with Gasteiger partial charge in [0.05, 0.1) is 24.4 Å². The second kappa shape index (κ2) is 7.25. The normalized spacial score (nSPS) is 11.3. The van der Waals surface area contributed by atoms with E-state index in [0.717, 1.165) is 22.6 Å². The van der Waals surface area contributed by atoms with Gasteiger partial charge in [-0.05, 0) is 50.6 Å². The van der Waals surface area contributed by atoms with E-state index in [9.17, 15) is 4.79 Å². The molecule has 0 spiro atoms. The molecule has 0 amide bonds. The van der Waals surface area contributed by atoms with Crippen molar-refractivity contribution in [1.82, 2.24) is 9.38 Å². The highest BCUT2D eigenvalue weighted by molar-refractivity contribution is 5.74. The average Bonchev–Trinajstić information content (AvgIpc) is 2.91. The van der Waals surface area contributed by atoms with Crippen LogP contribution >= 0.6 is 0 Å². The number of rotatable bonds is 5. The standard InChI is InChI=1S/C19H20N4O2/c1-4-25-18(24)12-16-19(22-21-15-9-5-7-13(2)11-15)23-14(3)8-6-10-17(23)20-16/h5-11H,4,12H2,1-3H3. The maximum absolute atomic E-state index is 11.9. The quantitative estimate of drug-likeness (QED) is 0.510. The molecule has 0 saturated carbocycles. The molecule has 0 aliphatic rings. The minimum Gasteiger partial charge on any atom is -0.466 e.